The van der Waals surface area contributed by atoms with Crippen LogP contribution in [-0.4, -0.2) is 29.3 Å². The molecule has 172 valence electrons. The number of aromatic nitrogens is 1. The highest BCUT2D eigenvalue weighted by Gasteiger charge is 2.17. The molecule has 0 saturated carbocycles. The molecule has 2 aromatic carbocycles. The summed E-state index contributed by atoms with van der Waals surface area (Å²) in [4.78, 5) is 16.5. The molecule has 0 aliphatic rings. The maximum Gasteiger partial charge on any atom is 0.303 e. The number of benzene rings is 2. The smallest absolute Gasteiger partial charge is 0.303 e. The summed E-state index contributed by atoms with van der Waals surface area (Å²) in [5, 5.41) is 10.1. The number of carbonyl (C=O) groups excluding carboxylic acids is 1. The maximum absolute atomic E-state index is 11.9. The van der Waals surface area contributed by atoms with Crippen molar-refractivity contribution in [2.24, 2.45) is 5.92 Å². The number of nitrogens with zero attached hydrogens (tertiary/aromatic N) is 1. The van der Waals surface area contributed by atoms with Crippen LogP contribution in [-0.2, 0) is 9.53 Å². The number of carbonyl (C=O) groups is 1. The molecule has 1 heterocycles. The first kappa shape index (κ1) is 24.2. The van der Waals surface area contributed by atoms with E-state index in [4.69, 9.17) is 14.6 Å². The summed E-state index contributed by atoms with van der Waals surface area (Å²) in [5.41, 5.74) is 4.73. The Morgan fingerprint density at radius 2 is 1.94 bits per heavy atom. The Labute approximate surface area is 195 Å². The van der Waals surface area contributed by atoms with Gasteiger partial charge in [0.1, 0.15) is 18.5 Å². The van der Waals surface area contributed by atoms with Crippen LogP contribution in [0.2, 0.25) is 0 Å². The van der Waals surface area contributed by atoms with Gasteiger partial charge >= 0.3 is 5.97 Å². The second-order valence-corrected chi connectivity index (χ2v) is 8.19. The Hall–Kier alpha value is -3.44. The number of aliphatic hydroxyl groups excluding tert-OH is 1. The monoisotopic (exact) mass is 445 g/mol. The lowest BCUT2D eigenvalue weighted by molar-refractivity contribution is -0.146. The van der Waals surface area contributed by atoms with Gasteiger partial charge in [-0.15, -0.1) is 0 Å². The second-order valence-electron chi connectivity index (χ2n) is 8.19. The van der Waals surface area contributed by atoms with Crippen LogP contribution >= 0.6 is 0 Å². The van der Waals surface area contributed by atoms with Gasteiger partial charge in [0.05, 0.1) is 12.1 Å². The average Bonchev–Trinajstić information content (AvgIpc) is 2.81. The predicted molar refractivity (Wildman–Crippen MR) is 132 cm³/mol. The summed E-state index contributed by atoms with van der Waals surface area (Å²) in [6, 6.07) is 17.5. The number of pyridine rings is 1. The molecule has 0 aliphatic carbocycles. The van der Waals surface area contributed by atoms with Crippen LogP contribution in [0.1, 0.15) is 44.4 Å². The lowest BCUT2D eigenvalue weighted by Gasteiger charge is -2.19. The summed E-state index contributed by atoms with van der Waals surface area (Å²) < 4.78 is 11.2. The Balaban J connectivity index is 1.97. The lowest BCUT2D eigenvalue weighted by atomic mass is 9.90. The van der Waals surface area contributed by atoms with Crippen LogP contribution in [0.3, 0.4) is 0 Å². The van der Waals surface area contributed by atoms with E-state index in [1.54, 1.807) is 0 Å². The van der Waals surface area contributed by atoms with Crippen molar-refractivity contribution in [3.05, 3.63) is 90.1 Å². The largest absolute Gasteiger partial charge is 0.491 e. The Morgan fingerprint density at radius 1 is 1.15 bits per heavy atom. The molecule has 3 aromatic rings. The van der Waals surface area contributed by atoms with Gasteiger partial charge < -0.3 is 14.6 Å². The molecule has 0 amide bonds. The fraction of sp³-hybridized carbons (Fsp3) is 0.286. The first-order chi connectivity index (χ1) is 15.9. The first-order valence-electron chi connectivity index (χ1n) is 11.1. The maximum atomic E-state index is 11.9. The van der Waals surface area contributed by atoms with Crippen LogP contribution in [0, 0.1) is 5.92 Å². The van der Waals surface area contributed by atoms with Crippen LogP contribution < -0.4 is 4.74 Å². The minimum Gasteiger partial charge on any atom is -0.491 e. The van der Waals surface area contributed by atoms with E-state index < -0.39 is 6.10 Å². The summed E-state index contributed by atoms with van der Waals surface area (Å²) >= 11 is 0. The van der Waals surface area contributed by atoms with Gasteiger partial charge in [-0.25, -0.2) is 0 Å². The SMILES string of the molecule is C=C(/C(=C/C[C@H](OC(C)=O)c1cccc(OCCO)c1)c1cnc2ccccc2c1)C(C)C. The summed E-state index contributed by atoms with van der Waals surface area (Å²) in [6.45, 7) is 10.1. The van der Waals surface area contributed by atoms with E-state index in [0.717, 1.165) is 33.2 Å². The zero-order chi connectivity index (χ0) is 23.8. The molecule has 0 radical (unpaired) electrons. The molecule has 0 bridgehead atoms. The Kier molecular flexibility index (Phi) is 8.39. The number of fused-ring (bicyclic) bond motifs is 1. The van der Waals surface area contributed by atoms with Crippen molar-refractivity contribution in [3.8, 4) is 5.75 Å². The van der Waals surface area contributed by atoms with E-state index in [2.05, 4.69) is 37.6 Å². The molecular weight excluding hydrogens is 414 g/mol. The van der Waals surface area contributed by atoms with Crippen molar-refractivity contribution < 1.29 is 19.4 Å². The molecular formula is C28H31NO4. The van der Waals surface area contributed by atoms with E-state index in [9.17, 15) is 4.79 Å². The zero-order valence-corrected chi connectivity index (χ0v) is 19.5. The van der Waals surface area contributed by atoms with Crippen LogP contribution in [0.25, 0.3) is 16.5 Å². The third kappa shape index (κ3) is 6.53. The normalized spacial score (nSPS) is 12.6. The summed E-state index contributed by atoms with van der Waals surface area (Å²) in [5.74, 6) is 0.505. The number of aliphatic hydroxyl groups is 1. The number of esters is 1. The molecule has 0 aliphatic heterocycles. The van der Waals surface area contributed by atoms with Gasteiger partial charge in [-0.2, -0.15) is 0 Å². The van der Waals surface area contributed by atoms with Gasteiger partial charge in [0.15, 0.2) is 0 Å². The molecule has 1 aromatic heterocycles. The Morgan fingerprint density at radius 3 is 2.67 bits per heavy atom. The number of ether oxygens (including phenoxy) is 2. The quantitative estimate of drug-likeness (QED) is 0.311. The molecule has 0 fully saturated rings. The van der Waals surface area contributed by atoms with Crippen molar-refractivity contribution in [3.63, 3.8) is 0 Å². The number of para-hydroxylation sites is 1. The van der Waals surface area contributed by atoms with Crippen molar-refractivity contribution in [2.75, 3.05) is 13.2 Å². The van der Waals surface area contributed by atoms with E-state index in [1.165, 1.54) is 6.92 Å². The number of rotatable bonds is 10. The van der Waals surface area contributed by atoms with E-state index in [0.29, 0.717) is 12.2 Å². The van der Waals surface area contributed by atoms with Crippen LogP contribution in [0.15, 0.2) is 79.0 Å². The predicted octanol–water partition coefficient (Wildman–Crippen LogP) is 5.90. The molecule has 1 N–H and O–H groups in total. The average molecular weight is 446 g/mol. The van der Waals surface area contributed by atoms with Crippen molar-refractivity contribution in [1.82, 2.24) is 4.98 Å². The van der Waals surface area contributed by atoms with Crippen LogP contribution in [0.4, 0.5) is 0 Å². The van der Waals surface area contributed by atoms with Crippen LogP contribution in [0.5, 0.6) is 5.75 Å². The van der Waals surface area contributed by atoms with E-state index in [1.807, 2.05) is 54.7 Å². The molecule has 0 unspecified atom stereocenters. The minimum absolute atomic E-state index is 0.0686. The van der Waals surface area contributed by atoms with Crippen molar-refractivity contribution in [1.29, 1.82) is 0 Å². The van der Waals surface area contributed by atoms with E-state index in [-0.39, 0.29) is 25.1 Å². The summed E-state index contributed by atoms with van der Waals surface area (Å²) in [7, 11) is 0. The van der Waals surface area contributed by atoms with Gasteiger partial charge in [-0.3, -0.25) is 9.78 Å². The zero-order valence-electron chi connectivity index (χ0n) is 19.5. The molecule has 1 atom stereocenters. The molecule has 33 heavy (non-hydrogen) atoms. The second kappa shape index (κ2) is 11.4. The first-order valence-corrected chi connectivity index (χ1v) is 11.1. The number of hydrogen-bond donors (Lipinski definition) is 1. The molecule has 0 spiro atoms. The van der Waals surface area contributed by atoms with E-state index >= 15 is 0 Å². The number of hydrogen-bond acceptors (Lipinski definition) is 5. The molecule has 0 saturated heterocycles. The highest BCUT2D eigenvalue weighted by atomic mass is 16.5. The number of allylic oxidation sites excluding steroid dienone is 2. The van der Waals surface area contributed by atoms with Crippen molar-refractivity contribution in [2.45, 2.75) is 33.3 Å². The van der Waals surface area contributed by atoms with Crippen molar-refractivity contribution >= 4 is 22.4 Å². The minimum atomic E-state index is -0.483. The van der Waals surface area contributed by atoms with Gasteiger partial charge in [-0.1, -0.05) is 56.8 Å². The highest BCUT2D eigenvalue weighted by molar-refractivity contribution is 5.86. The van der Waals surface area contributed by atoms with Gasteiger partial charge in [0.2, 0.25) is 0 Å². The third-order valence-electron chi connectivity index (χ3n) is 5.38. The fourth-order valence-corrected chi connectivity index (χ4v) is 3.61. The third-order valence-corrected chi connectivity index (χ3v) is 5.38. The fourth-order valence-electron chi connectivity index (χ4n) is 3.61. The van der Waals surface area contributed by atoms with Gasteiger partial charge in [-0.05, 0) is 46.9 Å². The lowest BCUT2D eigenvalue weighted by Crippen LogP contribution is -2.09. The topological polar surface area (TPSA) is 68.7 Å². The highest BCUT2D eigenvalue weighted by Crippen LogP contribution is 2.32. The molecule has 3 rings (SSSR count). The van der Waals surface area contributed by atoms with Gasteiger partial charge in [0.25, 0.3) is 0 Å². The molecule has 5 heteroatoms. The Bertz CT molecular complexity index is 1150. The molecule has 5 nitrogen and oxygen atoms in total. The summed E-state index contributed by atoms with van der Waals surface area (Å²) in [6.07, 6.45) is 3.93. The standard InChI is InChI=1S/C28H31NO4/c1-19(2)20(3)26(24-16-22-8-5-6-11-27(22)29-18-24)12-13-28(33-21(4)31)23-9-7-10-25(17-23)32-15-14-30/h5-12,16-19,28,30H,3,13-15H2,1-2,4H3/b26-12-/t28-/m0/s1. The van der Waals surface area contributed by atoms with Gasteiger partial charge in [0, 0.05) is 30.5 Å².